The summed E-state index contributed by atoms with van der Waals surface area (Å²) in [6.07, 6.45) is 1.18. The molecule has 0 saturated carbocycles. The van der Waals surface area contributed by atoms with Crippen LogP contribution >= 0.6 is 0 Å². The van der Waals surface area contributed by atoms with Crippen molar-refractivity contribution >= 4 is 11.4 Å². The Morgan fingerprint density at radius 1 is 1.18 bits per heavy atom. The van der Waals surface area contributed by atoms with Crippen molar-refractivity contribution in [2.45, 2.75) is 20.3 Å². The van der Waals surface area contributed by atoms with Gasteiger partial charge in [-0.3, -0.25) is 0 Å². The van der Waals surface area contributed by atoms with E-state index in [0.717, 1.165) is 25.3 Å². The van der Waals surface area contributed by atoms with Crippen LogP contribution in [0.25, 0.3) is 0 Å². The normalized spacial score (nSPS) is 10.9. The van der Waals surface area contributed by atoms with Gasteiger partial charge >= 0.3 is 0 Å². The summed E-state index contributed by atoms with van der Waals surface area (Å²) in [4.78, 5) is 4.62. The summed E-state index contributed by atoms with van der Waals surface area (Å²) in [5, 5.41) is 0. The predicted molar refractivity (Wildman–Crippen MR) is 76.6 cm³/mol. The molecular weight excluding hydrogens is 210 g/mol. The van der Waals surface area contributed by atoms with E-state index in [1.165, 1.54) is 17.7 Å². The maximum absolute atomic E-state index is 5.86. The molecule has 1 aromatic rings. The summed E-state index contributed by atoms with van der Waals surface area (Å²) in [7, 11) is 4.23. The lowest BCUT2D eigenvalue weighted by molar-refractivity contribution is 0.400. The van der Waals surface area contributed by atoms with E-state index in [2.05, 4.69) is 49.9 Å². The summed E-state index contributed by atoms with van der Waals surface area (Å²) in [6, 6.07) is 6.14. The molecule has 0 aromatic heterocycles. The summed E-state index contributed by atoms with van der Waals surface area (Å²) >= 11 is 0. The fourth-order valence-electron chi connectivity index (χ4n) is 1.99. The average Bonchev–Trinajstić information content (AvgIpc) is 2.28. The highest BCUT2D eigenvalue weighted by Gasteiger charge is 2.07. The number of nitrogens with two attached hydrogens (primary N) is 1. The Kier molecular flexibility index (Phi) is 5.29. The number of nitrogen functional groups attached to an aromatic ring is 1. The van der Waals surface area contributed by atoms with Crippen LogP contribution < -0.4 is 10.6 Å². The summed E-state index contributed by atoms with van der Waals surface area (Å²) in [6.45, 7) is 7.57. The van der Waals surface area contributed by atoms with E-state index in [-0.39, 0.29) is 0 Å². The van der Waals surface area contributed by atoms with Crippen LogP contribution in [0.3, 0.4) is 0 Å². The van der Waals surface area contributed by atoms with Gasteiger partial charge in [-0.1, -0.05) is 6.07 Å². The zero-order valence-electron chi connectivity index (χ0n) is 11.5. The molecule has 1 aromatic carbocycles. The lowest BCUT2D eigenvalue weighted by atomic mass is 10.1. The van der Waals surface area contributed by atoms with Gasteiger partial charge in [0.15, 0.2) is 0 Å². The van der Waals surface area contributed by atoms with Crippen LogP contribution in [0.2, 0.25) is 0 Å². The Morgan fingerprint density at radius 3 is 2.47 bits per heavy atom. The molecule has 0 atom stereocenters. The zero-order valence-corrected chi connectivity index (χ0v) is 11.5. The Labute approximate surface area is 105 Å². The van der Waals surface area contributed by atoms with Crippen molar-refractivity contribution in [1.29, 1.82) is 0 Å². The minimum atomic E-state index is 0.844. The van der Waals surface area contributed by atoms with E-state index in [1.54, 1.807) is 0 Å². The van der Waals surface area contributed by atoms with Gasteiger partial charge in [0.05, 0.1) is 0 Å². The van der Waals surface area contributed by atoms with Crippen molar-refractivity contribution < 1.29 is 0 Å². The lowest BCUT2D eigenvalue weighted by Gasteiger charge is -2.26. The van der Waals surface area contributed by atoms with Crippen LogP contribution in [-0.4, -0.2) is 38.6 Å². The van der Waals surface area contributed by atoms with E-state index in [9.17, 15) is 0 Å². The number of hydrogen-bond donors (Lipinski definition) is 1. The topological polar surface area (TPSA) is 32.5 Å². The highest BCUT2D eigenvalue weighted by molar-refractivity contribution is 5.60. The van der Waals surface area contributed by atoms with Crippen LogP contribution in [0.1, 0.15) is 18.9 Å². The number of hydrogen-bond acceptors (Lipinski definition) is 3. The Bertz CT molecular complexity index is 347. The molecule has 3 heteroatoms. The third-order valence-corrected chi connectivity index (χ3v) is 2.99. The molecule has 0 aliphatic heterocycles. The maximum Gasteiger partial charge on any atom is 0.0416 e. The number of benzene rings is 1. The molecule has 96 valence electrons. The van der Waals surface area contributed by atoms with Crippen molar-refractivity contribution in [2.75, 3.05) is 44.4 Å². The molecule has 0 amide bonds. The van der Waals surface area contributed by atoms with Crippen LogP contribution in [0, 0.1) is 6.92 Å². The van der Waals surface area contributed by atoms with E-state index >= 15 is 0 Å². The van der Waals surface area contributed by atoms with Crippen molar-refractivity contribution in [3.63, 3.8) is 0 Å². The van der Waals surface area contributed by atoms with Gasteiger partial charge in [0.25, 0.3) is 0 Å². The molecule has 0 saturated heterocycles. The molecule has 2 N–H and O–H groups in total. The van der Waals surface area contributed by atoms with E-state index < -0.39 is 0 Å². The average molecular weight is 235 g/mol. The Morgan fingerprint density at radius 2 is 1.88 bits per heavy atom. The highest BCUT2D eigenvalue weighted by Crippen LogP contribution is 2.22. The third-order valence-electron chi connectivity index (χ3n) is 2.99. The van der Waals surface area contributed by atoms with E-state index in [0.29, 0.717) is 0 Å². The SMILES string of the molecule is CCN(CCCN(C)C)c1cc(N)ccc1C. The standard InChI is InChI=1S/C14H25N3/c1-5-17(10-6-9-16(3)4)14-11-13(15)8-7-12(14)2/h7-8,11H,5-6,9-10,15H2,1-4H3. The van der Waals surface area contributed by atoms with Gasteiger partial charge in [-0.15, -0.1) is 0 Å². The van der Waals surface area contributed by atoms with Crippen LogP contribution in [0.5, 0.6) is 0 Å². The van der Waals surface area contributed by atoms with Gasteiger partial charge in [0.2, 0.25) is 0 Å². The van der Waals surface area contributed by atoms with E-state index in [4.69, 9.17) is 5.73 Å². The van der Waals surface area contributed by atoms with Crippen LogP contribution in [0.15, 0.2) is 18.2 Å². The first-order valence-electron chi connectivity index (χ1n) is 6.30. The summed E-state index contributed by atoms with van der Waals surface area (Å²) in [5.41, 5.74) is 9.27. The maximum atomic E-state index is 5.86. The van der Waals surface area contributed by atoms with Gasteiger partial charge < -0.3 is 15.5 Å². The molecule has 3 nitrogen and oxygen atoms in total. The smallest absolute Gasteiger partial charge is 0.0416 e. The molecular formula is C14H25N3. The lowest BCUT2D eigenvalue weighted by Crippen LogP contribution is -2.27. The molecule has 0 fully saturated rings. The van der Waals surface area contributed by atoms with E-state index in [1.807, 2.05) is 6.07 Å². The van der Waals surface area contributed by atoms with Crippen molar-refractivity contribution in [3.05, 3.63) is 23.8 Å². The highest BCUT2D eigenvalue weighted by atomic mass is 15.1. The molecule has 1 rings (SSSR count). The van der Waals surface area contributed by atoms with Gasteiger partial charge in [-0.25, -0.2) is 0 Å². The Hall–Kier alpha value is -1.22. The largest absolute Gasteiger partial charge is 0.399 e. The second-order valence-corrected chi connectivity index (χ2v) is 4.78. The zero-order chi connectivity index (χ0) is 12.8. The molecule has 0 aliphatic rings. The van der Waals surface area contributed by atoms with Gasteiger partial charge in [-0.05, 0) is 58.6 Å². The fraction of sp³-hybridized carbons (Fsp3) is 0.571. The van der Waals surface area contributed by atoms with Gasteiger partial charge in [0, 0.05) is 24.5 Å². The number of rotatable bonds is 6. The second kappa shape index (κ2) is 6.50. The number of anilines is 2. The molecule has 17 heavy (non-hydrogen) atoms. The summed E-state index contributed by atoms with van der Waals surface area (Å²) < 4.78 is 0. The molecule has 0 radical (unpaired) electrons. The van der Waals surface area contributed by atoms with Crippen molar-refractivity contribution in [3.8, 4) is 0 Å². The minimum Gasteiger partial charge on any atom is -0.399 e. The predicted octanol–water partition coefficient (Wildman–Crippen LogP) is 2.36. The van der Waals surface area contributed by atoms with Gasteiger partial charge in [-0.2, -0.15) is 0 Å². The third kappa shape index (κ3) is 4.27. The number of aryl methyl sites for hydroxylation is 1. The van der Waals surface area contributed by atoms with Crippen molar-refractivity contribution in [2.24, 2.45) is 0 Å². The fourth-order valence-corrected chi connectivity index (χ4v) is 1.99. The molecule has 0 aliphatic carbocycles. The number of nitrogens with zero attached hydrogens (tertiary/aromatic N) is 2. The van der Waals surface area contributed by atoms with Crippen LogP contribution in [0.4, 0.5) is 11.4 Å². The molecule has 0 bridgehead atoms. The molecule has 0 spiro atoms. The first-order chi connectivity index (χ1) is 8.04. The summed E-state index contributed by atoms with van der Waals surface area (Å²) in [5.74, 6) is 0. The Balaban J connectivity index is 2.68. The molecule has 0 unspecified atom stereocenters. The van der Waals surface area contributed by atoms with Crippen LogP contribution in [-0.2, 0) is 0 Å². The minimum absolute atomic E-state index is 0.844. The quantitative estimate of drug-likeness (QED) is 0.768. The van der Waals surface area contributed by atoms with Crippen molar-refractivity contribution in [1.82, 2.24) is 4.90 Å². The first kappa shape index (κ1) is 13.8. The second-order valence-electron chi connectivity index (χ2n) is 4.78. The monoisotopic (exact) mass is 235 g/mol. The molecule has 0 heterocycles. The van der Waals surface area contributed by atoms with Gasteiger partial charge in [0.1, 0.15) is 0 Å². The first-order valence-corrected chi connectivity index (χ1v) is 6.30.